The Morgan fingerprint density at radius 3 is 2.12 bits per heavy atom. The summed E-state index contributed by atoms with van der Waals surface area (Å²) in [4.78, 5) is 33.6. The monoisotopic (exact) mass is 298 g/mol. The summed E-state index contributed by atoms with van der Waals surface area (Å²) in [6, 6.07) is -1.99. The van der Waals surface area contributed by atoms with Crippen LogP contribution in [0.1, 0.15) is 0 Å². The van der Waals surface area contributed by atoms with Gasteiger partial charge in [-0.25, -0.2) is 9.59 Å². The third-order valence-electron chi connectivity index (χ3n) is 1.65. The van der Waals surface area contributed by atoms with E-state index in [0.717, 1.165) is 0 Å². The summed E-state index contributed by atoms with van der Waals surface area (Å²) in [5, 5.41) is 2.30. The van der Waals surface area contributed by atoms with E-state index in [0.29, 0.717) is 0 Å². The first-order chi connectivity index (χ1) is 7.96. The number of amides is 1. The molecule has 0 aliphatic rings. The van der Waals surface area contributed by atoms with Gasteiger partial charge in [0.2, 0.25) is 5.91 Å². The molecule has 0 bridgehead atoms. The molecule has 0 aromatic rings. The van der Waals surface area contributed by atoms with Crippen LogP contribution >= 0.6 is 37.9 Å². The normalized spacial score (nSPS) is 13.6. The Hall–Kier alpha value is -0.380. The fourth-order valence-electron chi connectivity index (χ4n) is 0.740. The number of hydrogen-bond acceptors (Lipinski definition) is 8. The lowest BCUT2D eigenvalue weighted by Crippen LogP contribution is -2.46. The van der Waals surface area contributed by atoms with Crippen molar-refractivity contribution in [2.24, 2.45) is 5.73 Å². The highest BCUT2D eigenvalue weighted by Crippen LogP contribution is 1.97. The van der Waals surface area contributed by atoms with Crippen LogP contribution in [0.3, 0.4) is 0 Å². The van der Waals surface area contributed by atoms with Gasteiger partial charge in [-0.15, -0.1) is 0 Å². The summed E-state index contributed by atoms with van der Waals surface area (Å²) in [5.74, 6) is -2.28. The topological polar surface area (TPSA) is 98.5 Å². The van der Waals surface area contributed by atoms with Gasteiger partial charge < -0.3 is 15.8 Å². The summed E-state index contributed by atoms with van der Waals surface area (Å²) < 4.78 is 4.46. The molecule has 3 N–H and O–H groups in total. The maximum absolute atomic E-state index is 11.4. The van der Waals surface area contributed by atoms with Crippen LogP contribution < -0.4 is 11.1 Å². The molecule has 6 nitrogen and oxygen atoms in total. The first kappa shape index (κ1) is 16.6. The number of nitrogens with one attached hydrogen (secondary N) is 1. The van der Waals surface area contributed by atoms with Crippen LogP contribution in [0.2, 0.25) is 0 Å². The number of carbonyl (C=O) groups is 3. The van der Waals surface area contributed by atoms with E-state index in [4.69, 9.17) is 5.73 Å². The molecule has 98 valence electrons. The highest BCUT2D eigenvalue weighted by atomic mass is 32.1. The SMILES string of the molecule is N[C@@H](CS)C(=O)OC(=O)[C@H](CS)NC(=O)CS. The second kappa shape index (κ2) is 8.67. The van der Waals surface area contributed by atoms with E-state index in [9.17, 15) is 14.4 Å². The maximum atomic E-state index is 11.4. The van der Waals surface area contributed by atoms with Crippen molar-refractivity contribution >= 4 is 55.7 Å². The van der Waals surface area contributed by atoms with Crippen LogP contribution in [0, 0.1) is 0 Å². The Morgan fingerprint density at radius 1 is 1.12 bits per heavy atom. The summed E-state index contributed by atoms with van der Waals surface area (Å²) in [6.07, 6.45) is 0. The number of carbonyl (C=O) groups excluding carboxylic acids is 3. The largest absolute Gasteiger partial charge is 0.390 e. The van der Waals surface area contributed by atoms with Gasteiger partial charge in [0.1, 0.15) is 12.1 Å². The quantitative estimate of drug-likeness (QED) is 0.237. The zero-order valence-electron chi connectivity index (χ0n) is 8.83. The molecule has 0 radical (unpaired) electrons. The fourth-order valence-corrected chi connectivity index (χ4v) is 1.22. The van der Waals surface area contributed by atoms with E-state index in [2.05, 4.69) is 47.9 Å². The third kappa shape index (κ3) is 6.20. The Balaban J connectivity index is 4.35. The lowest BCUT2D eigenvalue weighted by atomic mass is 10.3. The minimum absolute atomic E-state index is 0.00173. The third-order valence-corrected chi connectivity index (χ3v) is 2.69. The second-order valence-corrected chi connectivity index (χ2v) is 4.04. The Labute approximate surface area is 115 Å². The van der Waals surface area contributed by atoms with Gasteiger partial charge in [0, 0.05) is 11.5 Å². The average molecular weight is 298 g/mol. The summed E-state index contributed by atoms with van der Waals surface area (Å²) >= 11 is 11.4. The van der Waals surface area contributed by atoms with Crippen LogP contribution in [0.15, 0.2) is 0 Å². The molecular formula is C8H14N2O4S3. The smallest absolute Gasteiger partial charge is 0.337 e. The standard InChI is InChI=1S/C8H14N2O4S3/c9-4(1-15)7(12)14-8(13)5(2-16)10-6(11)3-17/h4-5,15-17H,1-3,9H2,(H,10,11)/t4-,5-/m0/s1. The van der Waals surface area contributed by atoms with E-state index in [-0.39, 0.29) is 17.3 Å². The maximum Gasteiger partial charge on any atom is 0.337 e. The van der Waals surface area contributed by atoms with Crippen molar-refractivity contribution in [1.82, 2.24) is 5.32 Å². The molecule has 0 aromatic heterocycles. The van der Waals surface area contributed by atoms with Crippen molar-refractivity contribution in [3.8, 4) is 0 Å². The first-order valence-corrected chi connectivity index (χ1v) is 6.49. The number of hydrogen-bond donors (Lipinski definition) is 5. The second-order valence-electron chi connectivity index (χ2n) is 2.99. The molecule has 0 spiro atoms. The van der Waals surface area contributed by atoms with Crippen molar-refractivity contribution in [2.45, 2.75) is 12.1 Å². The van der Waals surface area contributed by atoms with Crippen molar-refractivity contribution in [3.05, 3.63) is 0 Å². The molecule has 17 heavy (non-hydrogen) atoms. The van der Waals surface area contributed by atoms with Crippen LogP contribution in [0.25, 0.3) is 0 Å². The molecule has 1 amide bonds. The van der Waals surface area contributed by atoms with E-state index in [1.807, 2.05) is 0 Å². The molecule has 0 fully saturated rings. The predicted molar refractivity (Wildman–Crippen MR) is 72.6 cm³/mol. The molecule has 0 unspecified atom stereocenters. The van der Waals surface area contributed by atoms with Gasteiger partial charge in [0.25, 0.3) is 0 Å². The first-order valence-electron chi connectivity index (χ1n) is 4.59. The number of ether oxygens (including phenoxy) is 1. The molecule has 0 aliphatic carbocycles. The van der Waals surface area contributed by atoms with E-state index in [1.165, 1.54) is 0 Å². The molecule has 0 saturated heterocycles. The molecule has 0 saturated carbocycles. The number of nitrogens with two attached hydrogens (primary N) is 1. The number of rotatable bonds is 6. The van der Waals surface area contributed by atoms with Gasteiger partial charge in [-0.3, -0.25) is 4.79 Å². The lowest BCUT2D eigenvalue weighted by molar-refractivity contribution is -0.162. The lowest BCUT2D eigenvalue weighted by Gasteiger charge is -2.15. The highest BCUT2D eigenvalue weighted by Gasteiger charge is 2.25. The van der Waals surface area contributed by atoms with E-state index in [1.54, 1.807) is 0 Å². The molecule has 0 rings (SSSR count). The summed E-state index contributed by atoms with van der Waals surface area (Å²) in [7, 11) is 0. The Kier molecular flexibility index (Phi) is 8.48. The molecule has 9 heteroatoms. The van der Waals surface area contributed by atoms with Gasteiger partial charge in [-0.1, -0.05) is 0 Å². The predicted octanol–water partition coefficient (Wildman–Crippen LogP) is -1.34. The molecule has 2 atom stereocenters. The van der Waals surface area contributed by atoms with E-state index < -0.39 is 29.9 Å². The molecule has 0 aliphatic heterocycles. The van der Waals surface area contributed by atoms with Gasteiger partial charge in [0.15, 0.2) is 0 Å². The van der Waals surface area contributed by atoms with Crippen LogP contribution in [-0.4, -0.2) is 47.2 Å². The van der Waals surface area contributed by atoms with Crippen LogP contribution in [0.5, 0.6) is 0 Å². The van der Waals surface area contributed by atoms with Crippen molar-refractivity contribution in [3.63, 3.8) is 0 Å². The van der Waals surface area contributed by atoms with Crippen molar-refractivity contribution in [2.75, 3.05) is 17.3 Å². The van der Waals surface area contributed by atoms with Crippen molar-refractivity contribution in [1.29, 1.82) is 0 Å². The molecule has 0 heterocycles. The minimum Gasteiger partial charge on any atom is -0.390 e. The summed E-state index contributed by atoms with van der Waals surface area (Å²) in [6.45, 7) is 0. The van der Waals surface area contributed by atoms with Gasteiger partial charge in [-0.2, -0.15) is 37.9 Å². The van der Waals surface area contributed by atoms with Gasteiger partial charge in [0.05, 0.1) is 5.75 Å². The molecule has 0 aromatic carbocycles. The zero-order chi connectivity index (χ0) is 13.4. The van der Waals surface area contributed by atoms with Crippen LogP contribution in [0.4, 0.5) is 0 Å². The van der Waals surface area contributed by atoms with Gasteiger partial charge in [-0.05, 0) is 0 Å². The minimum atomic E-state index is -1.01. The van der Waals surface area contributed by atoms with Crippen LogP contribution in [-0.2, 0) is 19.1 Å². The number of thiol groups is 3. The van der Waals surface area contributed by atoms with Crippen molar-refractivity contribution < 1.29 is 19.1 Å². The average Bonchev–Trinajstić information content (AvgIpc) is 2.33. The van der Waals surface area contributed by atoms with Gasteiger partial charge >= 0.3 is 11.9 Å². The Bertz CT molecular complexity index is 300. The van der Waals surface area contributed by atoms with E-state index >= 15 is 0 Å². The summed E-state index contributed by atoms with van der Waals surface area (Å²) in [5.41, 5.74) is 5.31. The highest BCUT2D eigenvalue weighted by molar-refractivity contribution is 7.81. The molecular weight excluding hydrogens is 284 g/mol. The number of esters is 2. The Morgan fingerprint density at radius 2 is 1.71 bits per heavy atom. The zero-order valence-corrected chi connectivity index (χ0v) is 11.5. The fraction of sp³-hybridized carbons (Fsp3) is 0.625.